The molecular formula is C18H24O5S. The van der Waals surface area contributed by atoms with Gasteiger partial charge in [0.15, 0.2) is 0 Å². The van der Waals surface area contributed by atoms with Crippen molar-refractivity contribution in [1.82, 2.24) is 0 Å². The summed E-state index contributed by atoms with van der Waals surface area (Å²) in [6.07, 6.45) is 0.571. The molecule has 0 heterocycles. The van der Waals surface area contributed by atoms with Gasteiger partial charge in [0, 0.05) is 14.2 Å². The molecule has 0 aliphatic rings. The van der Waals surface area contributed by atoms with Crippen molar-refractivity contribution < 1.29 is 22.4 Å². The number of benzene rings is 2. The second-order valence-electron chi connectivity index (χ2n) is 5.28. The molecule has 2 aromatic rings. The highest BCUT2D eigenvalue weighted by molar-refractivity contribution is 7.86. The topological polar surface area (TPSA) is 61.8 Å². The van der Waals surface area contributed by atoms with E-state index < -0.39 is 15.7 Å². The molecule has 0 aliphatic heterocycles. The number of methoxy groups -OCH3 is 1. The van der Waals surface area contributed by atoms with Gasteiger partial charge in [-0.1, -0.05) is 55.5 Å². The molecule has 0 fully saturated rings. The van der Waals surface area contributed by atoms with E-state index in [-0.39, 0.29) is 4.90 Å². The Kier molecular flexibility index (Phi) is 8.07. The SMILES string of the molecule is CCC(C)(OOS(=O)(=O)c1ccccc1)c1ccccc1.COC. The van der Waals surface area contributed by atoms with Crippen LogP contribution in [0.5, 0.6) is 0 Å². The standard InChI is InChI=1S/C16H18O4S.C2H6O/c1-3-16(2,14-10-6-4-7-11-14)19-20-21(17,18)15-12-8-5-9-13-15;1-3-2/h4-13H,3H2,1-2H3;1-2H3. The Labute approximate surface area is 144 Å². The van der Waals surface area contributed by atoms with Gasteiger partial charge in [-0.05, 0) is 31.0 Å². The minimum Gasteiger partial charge on any atom is -0.388 e. The lowest BCUT2D eigenvalue weighted by Crippen LogP contribution is -2.26. The summed E-state index contributed by atoms with van der Waals surface area (Å²) < 4.78 is 33.2. The maximum Gasteiger partial charge on any atom is 0.323 e. The summed E-state index contributed by atoms with van der Waals surface area (Å²) >= 11 is 0. The second kappa shape index (κ2) is 9.54. The molecule has 0 bridgehead atoms. The van der Waals surface area contributed by atoms with Gasteiger partial charge >= 0.3 is 10.1 Å². The van der Waals surface area contributed by atoms with Gasteiger partial charge in [-0.15, -0.1) is 4.33 Å². The maximum absolute atomic E-state index is 12.1. The molecule has 0 saturated heterocycles. The van der Waals surface area contributed by atoms with Gasteiger partial charge in [-0.2, -0.15) is 8.42 Å². The van der Waals surface area contributed by atoms with E-state index in [9.17, 15) is 8.42 Å². The summed E-state index contributed by atoms with van der Waals surface area (Å²) in [7, 11) is -0.684. The summed E-state index contributed by atoms with van der Waals surface area (Å²) in [5, 5.41) is 0. The predicted molar refractivity (Wildman–Crippen MR) is 92.8 cm³/mol. The van der Waals surface area contributed by atoms with Crippen molar-refractivity contribution in [2.75, 3.05) is 14.2 Å². The Balaban J connectivity index is 0.000000891. The van der Waals surface area contributed by atoms with Crippen LogP contribution in [0, 0.1) is 0 Å². The average Bonchev–Trinajstić information content (AvgIpc) is 2.62. The van der Waals surface area contributed by atoms with Crippen LogP contribution in [0.25, 0.3) is 0 Å². The van der Waals surface area contributed by atoms with Crippen LogP contribution >= 0.6 is 0 Å². The Hall–Kier alpha value is -1.73. The van der Waals surface area contributed by atoms with Gasteiger partial charge in [0.25, 0.3) is 0 Å². The van der Waals surface area contributed by atoms with Gasteiger partial charge in [0.05, 0.1) is 4.90 Å². The van der Waals surface area contributed by atoms with Gasteiger partial charge in [-0.25, -0.2) is 4.89 Å². The molecule has 1 unspecified atom stereocenters. The van der Waals surface area contributed by atoms with Crippen molar-refractivity contribution in [3.63, 3.8) is 0 Å². The smallest absolute Gasteiger partial charge is 0.323 e. The molecule has 0 radical (unpaired) electrons. The zero-order valence-electron chi connectivity index (χ0n) is 14.4. The van der Waals surface area contributed by atoms with Crippen molar-refractivity contribution in [2.24, 2.45) is 0 Å². The van der Waals surface area contributed by atoms with Gasteiger partial charge in [0.1, 0.15) is 5.60 Å². The van der Waals surface area contributed by atoms with Crippen LogP contribution in [0.3, 0.4) is 0 Å². The highest BCUT2D eigenvalue weighted by Gasteiger charge is 2.30. The van der Waals surface area contributed by atoms with E-state index >= 15 is 0 Å². The van der Waals surface area contributed by atoms with Crippen LogP contribution in [0.15, 0.2) is 65.6 Å². The third kappa shape index (κ3) is 5.72. The molecule has 24 heavy (non-hydrogen) atoms. The van der Waals surface area contributed by atoms with E-state index in [1.165, 1.54) is 12.1 Å². The molecule has 0 N–H and O–H groups in total. The zero-order valence-corrected chi connectivity index (χ0v) is 15.2. The van der Waals surface area contributed by atoms with E-state index in [1.54, 1.807) is 39.3 Å². The molecule has 0 amide bonds. The first-order valence-electron chi connectivity index (χ1n) is 7.52. The molecule has 0 aliphatic carbocycles. The molecule has 2 aromatic carbocycles. The number of hydrogen-bond donors (Lipinski definition) is 0. The number of hydrogen-bond acceptors (Lipinski definition) is 5. The molecule has 1 atom stereocenters. The Morgan fingerprint density at radius 2 is 1.38 bits per heavy atom. The summed E-state index contributed by atoms with van der Waals surface area (Å²) in [5.41, 5.74) is 0.0269. The van der Waals surface area contributed by atoms with Crippen molar-refractivity contribution in [3.05, 3.63) is 66.2 Å². The first-order chi connectivity index (χ1) is 11.4. The first kappa shape index (κ1) is 20.3. The van der Waals surface area contributed by atoms with E-state index in [4.69, 9.17) is 9.22 Å². The minimum atomic E-state index is -3.93. The van der Waals surface area contributed by atoms with Crippen LogP contribution in [-0.2, 0) is 29.7 Å². The van der Waals surface area contributed by atoms with Crippen LogP contribution in [-0.4, -0.2) is 22.6 Å². The predicted octanol–water partition coefficient (Wildman–Crippen LogP) is 3.91. The van der Waals surface area contributed by atoms with Crippen molar-refractivity contribution >= 4 is 10.1 Å². The van der Waals surface area contributed by atoms with Crippen LogP contribution in [0.1, 0.15) is 25.8 Å². The van der Waals surface area contributed by atoms with Gasteiger partial charge in [-0.3, -0.25) is 0 Å². The van der Waals surface area contributed by atoms with Crippen molar-refractivity contribution in [2.45, 2.75) is 30.8 Å². The molecule has 132 valence electrons. The molecule has 0 spiro atoms. The highest BCUT2D eigenvalue weighted by Crippen LogP contribution is 2.30. The van der Waals surface area contributed by atoms with Gasteiger partial charge < -0.3 is 4.74 Å². The fraction of sp³-hybridized carbons (Fsp3) is 0.333. The van der Waals surface area contributed by atoms with Crippen molar-refractivity contribution in [3.8, 4) is 0 Å². The summed E-state index contributed by atoms with van der Waals surface area (Å²) in [6.45, 7) is 3.70. The fourth-order valence-corrected chi connectivity index (χ4v) is 2.66. The summed E-state index contributed by atoms with van der Waals surface area (Å²) in [6, 6.07) is 17.3. The third-order valence-corrected chi connectivity index (χ3v) is 4.50. The fourth-order valence-electron chi connectivity index (χ4n) is 1.85. The lowest BCUT2D eigenvalue weighted by Gasteiger charge is -2.26. The summed E-state index contributed by atoms with van der Waals surface area (Å²) in [4.78, 5) is 5.36. The third-order valence-electron chi connectivity index (χ3n) is 3.40. The average molecular weight is 352 g/mol. The molecule has 0 saturated carbocycles. The molecule has 2 rings (SSSR count). The Morgan fingerprint density at radius 1 is 0.917 bits per heavy atom. The van der Waals surface area contributed by atoms with E-state index in [0.717, 1.165) is 5.56 Å². The lowest BCUT2D eigenvalue weighted by atomic mass is 9.94. The Morgan fingerprint density at radius 3 is 1.83 bits per heavy atom. The number of ether oxygens (including phenoxy) is 1. The molecule has 0 aromatic heterocycles. The van der Waals surface area contributed by atoms with Gasteiger partial charge in [0.2, 0.25) is 0 Å². The zero-order chi connectivity index (χ0) is 18.1. The molecule has 5 nitrogen and oxygen atoms in total. The quantitative estimate of drug-likeness (QED) is 0.583. The lowest BCUT2D eigenvalue weighted by molar-refractivity contribution is -0.290. The highest BCUT2D eigenvalue weighted by atomic mass is 32.2. The van der Waals surface area contributed by atoms with E-state index in [2.05, 4.69) is 4.74 Å². The molecule has 6 heteroatoms. The maximum atomic E-state index is 12.1. The summed E-state index contributed by atoms with van der Waals surface area (Å²) in [5.74, 6) is 0. The first-order valence-corrected chi connectivity index (χ1v) is 8.93. The molecular weight excluding hydrogens is 328 g/mol. The largest absolute Gasteiger partial charge is 0.388 e. The van der Waals surface area contributed by atoms with Crippen LogP contribution in [0.2, 0.25) is 0 Å². The van der Waals surface area contributed by atoms with Crippen LogP contribution < -0.4 is 0 Å². The monoisotopic (exact) mass is 352 g/mol. The van der Waals surface area contributed by atoms with Crippen LogP contribution in [0.4, 0.5) is 0 Å². The minimum absolute atomic E-state index is 0.0662. The second-order valence-corrected chi connectivity index (χ2v) is 6.79. The van der Waals surface area contributed by atoms with E-state index in [0.29, 0.717) is 6.42 Å². The van der Waals surface area contributed by atoms with Crippen molar-refractivity contribution in [1.29, 1.82) is 0 Å². The Bertz CT molecular complexity index is 686. The van der Waals surface area contributed by atoms with E-state index in [1.807, 2.05) is 37.3 Å². The normalized spacial score (nSPS) is 13.5. The number of rotatable bonds is 6.